The maximum atomic E-state index is 12.7. The molecule has 0 unspecified atom stereocenters. The van der Waals surface area contributed by atoms with Crippen molar-refractivity contribution in [2.45, 2.75) is 25.4 Å². The second kappa shape index (κ2) is 5.76. The maximum Gasteiger partial charge on any atom is 0.254 e. The summed E-state index contributed by atoms with van der Waals surface area (Å²) in [6.45, 7) is 0.586. The van der Waals surface area contributed by atoms with Gasteiger partial charge >= 0.3 is 0 Å². The Morgan fingerprint density at radius 3 is 2.71 bits per heavy atom. The van der Waals surface area contributed by atoms with Gasteiger partial charge in [-0.05, 0) is 48.7 Å². The Kier molecular flexibility index (Phi) is 3.65. The van der Waals surface area contributed by atoms with E-state index in [0.29, 0.717) is 23.7 Å². The smallest absolute Gasteiger partial charge is 0.254 e. The van der Waals surface area contributed by atoms with Crippen molar-refractivity contribution in [1.82, 2.24) is 9.88 Å². The van der Waals surface area contributed by atoms with Crippen LogP contribution in [0.2, 0.25) is 0 Å². The minimum absolute atomic E-state index is 0.00795. The Hall–Kier alpha value is -2.67. The second-order valence-corrected chi connectivity index (χ2v) is 5.21. The van der Waals surface area contributed by atoms with Crippen LogP contribution in [0.25, 0.3) is 0 Å². The average Bonchev–Trinajstić information content (AvgIpc) is 3.38. The molecule has 4 heteroatoms. The Balaban J connectivity index is 1.83. The molecule has 1 aromatic carbocycles. The highest BCUT2D eigenvalue weighted by molar-refractivity contribution is 5.95. The molecule has 0 radical (unpaired) electrons. The topological polar surface area (TPSA) is 57.0 Å². The molecule has 0 N–H and O–H groups in total. The predicted octanol–water partition coefficient (Wildman–Crippen LogP) is 2.76. The first-order valence-electron chi connectivity index (χ1n) is 6.98. The molecule has 3 rings (SSSR count). The van der Waals surface area contributed by atoms with Crippen LogP contribution >= 0.6 is 0 Å². The van der Waals surface area contributed by atoms with Gasteiger partial charge in [-0.3, -0.25) is 9.78 Å². The van der Waals surface area contributed by atoms with Crippen LogP contribution in [-0.4, -0.2) is 21.8 Å². The SMILES string of the molecule is N#Cc1cccc(C(=O)N(Cc2ccncc2)C2CC2)c1. The van der Waals surface area contributed by atoms with E-state index in [9.17, 15) is 4.79 Å². The van der Waals surface area contributed by atoms with Gasteiger partial charge in [0.05, 0.1) is 11.6 Å². The molecule has 1 fully saturated rings. The normalized spacial score (nSPS) is 13.5. The van der Waals surface area contributed by atoms with Crippen molar-refractivity contribution in [2.24, 2.45) is 0 Å². The van der Waals surface area contributed by atoms with Gasteiger partial charge in [0.25, 0.3) is 5.91 Å². The summed E-state index contributed by atoms with van der Waals surface area (Å²) in [5.41, 5.74) is 2.16. The Morgan fingerprint density at radius 1 is 1.29 bits per heavy atom. The van der Waals surface area contributed by atoms with Crippen LogP contribution in [0.1, 0.15) is 34.3 Å². The number of hydrogen-bond donors (Lipinski definition) is 0. The fourth-order valence-corrected chi connectivity index (χ4v) is 2.33. The van der Waals surface area contributed by atoms with Gasteiger partial charge in [-0.1, -0.05) is 6.07 Å². The molecular weight excluding hydrogens is 262 g/mol. The average molecular weight is 277 g/mol. The van der Waals surface area contributed by atoms with Crippen molar-refractivity contribution in [3.63, 3.8) is 0 Å². The van der Waals surface area contributed by atoms with Crippen LogP contribution in [0.3, 0.4) is 0 Å². The lowest BCUT2D eigenvalue weighted by Crippen LogP contribution is -2.32. The van der Waals surface area contributed by atoms with Gasteiger partial charge in [0, 0.05) is 30.5 Å². The van der Waals surface area contributed by atoms with Gasteiger partial charge in [-0.2, -0.15) is 5.26 Å². The monoisotopic (exact) mass is 277 g/mol. The predicted molar refractivity (Wildman–Crippen MR) is 78.3 cm³/mol. The number of nitrogens with zero attached hydrogens (tertiary/aromatic N) is 3. The van der Waals surface area contributed by atoms with E-state index in [0.717, 1.165) is 18.4 Å². The van der Waals surface area contributed by atoms with Crippen LogP contribution in [0.4, 0.5) is 0 Å². The van der Waals surface area contributed by atoms with Crippen LogP contribution in [0.15, 0.2) is 48.8 Å². The zero-order valence-electron chi connectivity index (χ0n) is 11.6. The molecule has 0 saturated heterocycles. The minimum Gasteiger partial charge on any atom is -0.331 e. The third-order valence-electron chi connectivity index (χ3n) is 3.59. The number of nitriles is 1. The van der Waals surface area contributed by atoms with E-state index in [1.165, 1.54) is 0 Å². The van der Waals surface area contributed by atoms with E-state index in [1.807, 2.05) is 17.0 Å². The number of aromatic nitrogens is 1. The van der Waals surface area contributed by atoms with Gasteiger partial charge < -0.3 is 4.90 Å². The summed E-state index contributed by atoms with van der Waals surface area (Å²) >= 11 is 0. The summed E-state index contributed by atoms with van der Waals surface area (Å²) < 4.78 is 0. The molecule has 1 aliphatic carbocycles. The molecule has 0 atom stereocenters. The van der Waals surface area contributed by atoms with Crippen molar-refractivity contribution >= 4 is 5.91 Å². The van der Waals surface area contributed by atoms with E-state index in [2.05, 4.69) is 11.1 Å². The van der Waals surface area contributed by atoms with E-state index in [-0.39, 0.29) is 5.91 Å². The summed E-state index contributed by atoms with van der Waals surface area (Å²) in [6.07, 6.45) is 5.58. The zero-order valence-corrected chi connectivity index (χ0v) is 11.6. The van der Waals surface area contributed by atoms with Crippen molar-refractivity contribution in [3.8, 4) is 6.07 Å². The first-order valence-corrected chi connectivity index (χ1v) is 6.98. The largest absolute Gasteiger partial charge is 0.331 e. The van der Waals surface area contributed by atoms with E-state index < -0.39 is 0 Å². The number of rotatable bonds is 4. The number of hydrogen-bond acceptors (Lipinski definition) is 3. The summed E-state index contributed by atoms with van der Waals surface area (Å²) in [6, 6.07) is 13.1. The quantitative estimate of drug-likeness (QED) is 0.863. The summed E-state index contributed by atoms with van der Waals surface area (Å²) in [7, 11) is 0. The van der Waals surface area contributed by atoms with E-state index in [4.69, 9.17) is 5.26 Å². The van der Waals surface area contributed by atoms with Crippen LogP contribution in [-0.2, 0) is 6.54 Å². The summed E-state index contributed by atoms with van der Waals surface area (Å²) in [5, 5.41) is 8.96. The van der Waals surface area contributed by atoms with Gasteiger partial charge in [-0.25, -0.2) is 0 Å². The Bertz CT molecular complexity index is 687. The lowest BCUT2D eigenvalue weighted by molar-refractivity contribution is 0.0730. The fourth-order valence-electron chi connectivity index (χ4n) is 2.33. The van der Waals surface area contributed by atoms with Gasteiger partial charge in [0.1, 0.15) is 0 Å². The van der Waals surface area contributed by atoms with Crippen molar-refractivity contribution in [2.75, 3.05) is 0 Å². The lowest BCUT2D eigenvalue weighted by atomic mass is 10.1. The number of amides is 1. The third-order valence-corrected chi connectivity index (χ3v) is 3.59. The molecule has 4 nitrogen and oxygen atoms in total. The maximum absolute atomic E-state index is 12.7. The van der Waals surface area contributed by atoms with Crippen LogP contribution in [0.5, 0.6) is 0 Å². The zero-order chi connectivity index (χ0) is 14.7. The molecule has 0 bridgehead atoms. The van der Waals surface area contributed by atoms with Crippen LogP contribution in [0, 0.1) is 11.3 Å². The fraction of sp³-hybridized carbons (Fsp3) is 0.235. The molecule has 0 spiro atoms. The Morgan fingerprint density at radius 2 is 2.05 bits per heavy atom. The van der Waals surface area contributed by atoms with Crippen molar-refractivity contribution in [1.29, 1.82) is 5.26 Å². The van der Waals surface area contributed by atoms with Crippen molar-refractivity contribution in [3.05, 3.63) is 65.5 Å². The van der Waals surface area contributed by atoms with Gasteiger partial charge in [0.2, 0.25) is 0 Å². The molecule has 21 heavy (non-hydrogen) atoms. The molecule has 104 valence electrons. The number of pyridine rings is 1. The summed E-state index contributed by atoms with van der Waals surface area (Å²) in [5.74, 6) is -0.00795. The van der Waals surface area contributed by atoms with Crippen LogP contribution < -0.4 is 0 Å². The van der Waals surface area contributed by atoms with Crippen molar-refractivity contribution < 1.29 is 4.79 Å². The molecule has 1 aromatic heterocycles. The number of carbonyl (C=O) groups excluding carboxylic acids is 1. The minimum atomic E-state index is -0.00795. The number of benzene rings is 1. The summed E-state index contributed by atoms with van der Waals surface area (Å²) in [4.78, 5) is 18.6. The highest BCUT2D eigenvalue weighted by atomic mass is 16.2. The van der Waals surface area contributed by atoms with Gasteiger partial charge in [0.15, 0.2) is 0 Å². The molecule has 1 heterocycles. The standard InChI is InChI=1S/C17H15N3O/c18-11-14-2-1-3-15(10-14)17(21)20(16-4-5-16)12-13-6-8-19-9-7-13/h1-3,6-10,16H,4-5,12H2. The number of carbonyl (C=O) groups is 1. The molecule has 0 aliphatic heterocycles. The molecule has 1 saturated carbocycles. The highest BCUT2D eigenvalue weighted by Crippen LogP contribution is 2.29. The molecule has 2 aromatic rings. The first-order chi connectivity index (χ1) is 10.3. The molecule has 1 aliphatic rings. The Labute approximate surface area is 123 Å². The van der Waals surface area contributed by atoms with E-state index >= 15 is 0 Å². The second-order valence-electron chi connectivity index (χ2n) is 5.21. The van der Waals surface area contributed by atoms with E-state index in [1.54, 1.807) is 36.7 Å². The van der Waals surface area contributed by atoms with Gasteiger partial charge in [-0.15, -0.1) is 0 Å². The highest BCUT2D eigenvalue weighted by Gasteiger charge is 2.33. The third kappa shape index (κ3) is 3.09. The molecule has 1 amide bonds. The molecular formula is C17H15N3O. The lowest BCUT2D eigenvalue weighted by Gasteiger charge is -2.22. The first kappa shape index (κ1) is 13.3.